The normalized spacial score (nSPS) is 16.2. The molecule has 1 aliphatic rings. The van der Waals surface area contributed by atoms with Crippen LogP contribution in [0.1, 0.15) is 17.2 Å². The zero-order valence-electron chi connectivity index (χ0n) is 17.4. The second kappa shape index (κ2) is 11.6. The minimum absolute atomic E-state index is 0.0193. The summed E-state index contributed by atoms with van der Waals surface area (Å²) in [5, 5.41) is 6.49. The number of guanidine groups is 1. The van der Waals surface area contributed by atoms with E-state index >= 15 is 0 Å². The van der Waals surface area contributed by atoms with Gasteiger partial charge in [0.1, 0.15) is 11.6 Å². The van der Waals surface area contributed by atoms with Gasteiger partial charge in [0, 0.05) is 33.2 Å². The van der Waals surface area contributed by atoms with Gasteiger partial charge in [0.05, 0.1) is 19.3 Å². The van der Waals surface area contributed by atoms with Crippen LogP contribution in [0.4, 0.5) is 13.2 Å². The molecule has 0 aliphatic carbocycles. The average molecular weight is 436 g/mol. The van der Waals surface area contributed by atoms with Gasteiger partial charge in [-0.25, -0.2) is 4.39 Å². The molecule has 0 spiro atoms. The van der Waals surface area contributed by atoms with Crippen LogP contribution in [0.5, 0.6) is 5.75 Å². The van der Waals surface area contributed by atoms with Gasteiger partial charge in [0.25, 0.3) is 0 Å². The first kappa shape index (κ1) is 22.9. The average Bonchev–Trinajstić information content (AvgIpc) is 2.77. The minimum atomic E-state index is -2.86. The van der Waals surface area contributed by atoms with Gasteiger partial charge >= 0.3 is 6.61 Å². The third-order valence-electron chi connectivity index (χ3n) is 5.01. The molecule has 9 heteroatoms. The smallest absolute Gasteiger partial charge is 0.387 e. The number of hydrogen-bond donors (Lipinski definition) is 2. The van der Waals surface area contributed by atoms with E-state index in [9.17, 15) is 13.2 Å². The fourth-order valence-electron chi connectivity index (χ4n) is 3.46. The summed E-state index contributed by atoms with van der Waals surface area (Å²) in [5.41, 5.74) is 1.78. The number of benzene rings is 2. The van der Waals surface area contributed by atoms with Crippen molar-refractivity contribution in [1.29, 1.82) is 0 Å². The minimum Gasteiger partial charge on any atom is -0.435 e. The van der Waals surface area contributed by atoms with Crippen LogP contribution in [0.3, 0.4) is 0 Å². The van der Waals surface area contributed by atoms with Crippen LogP contribution < -0.4 is 15.4 Å². The molecule has 1 unspecified atom stereocenters. The zero-order chi connectivity index (χ0) is 22.1. The van der Waals surface area contributed by atoms with E-state index in [2.05, 4.69) is 25.3 Å². The molecule has 3 rings (SSSR count). The van der Waals surface area contributed by atoms with Crippen molar-refractivity contribution in [2.75, 3.05) is 39.9 Å². The summed E-state index contributed by atoms with van der Waals surface area (Å²) in [6, 6.07) is 13.0. The maximum absolute atomic E-state index is 13.4. The second-order valence-corrected chi connectivity index (χ2v) is 7.05. The predicted octanol–water partition coefficient (Wildman–Crippen LogP) is 3.17. The van der Waals surface area contributed by atoms with Gasteiger partial charge in [-0.3, -0.25) is 9.89 Å². The molecule has 1 fully saturated rings. The predicted molar refractivity (Wildman–Crippen MR) is 113 cm³/mol. The fraction of sp³-hybridized carbons (Fsp3) is 0.409. The molecule has 0 aromatic heterocycles. The van der Waals surface area contributed by atoms with E-state index in [1.807, 2.05) is 6.07 Å². The van der Waals surface area contributed by atoms with Crippen LogP contribution in [-0.4, -0.2) is 57.4 Å². The first-order chi connectivity index (χ1) is 15.0. The molecular formula is C22H27F3N4O2. The molecule has 1 heterocycles. The standard InChI is InChI=1S/C22H27F3N4O2/c1-26-22(27-14-16-3-2-4-19(13-16)31-21(24)25)28-15-20(29-9-11-30-12-10-29)17-5-7-18(23)8-6-17/h2-8,13,20-21H,9-12,14-15H2,1H3,(H2,26,27,28). The Kier molecular flexibility index (Phi) is 8.54. The molecule has 0 saturated carbocycles. The Bertz CT molecular complexity index is 843. The number of nitrogens with one attached hydrogen (secondary N) is 2. The SMILES string of the molecule is CN=C(NCc1cccc(OC(F)F)c1)NCC(c1ccc(F)cc1)N1CCOCC1. The summed E-state index contributed by atoms with van der Waals surface area (Å²) < 4.78 is 48.1. The van der Waals surface area contributed by atoms with Crippen LogP contribution >= 0.6 is 0 Å². The molecule has 2 N–H and O–H groups in total. The Balaban J connectivity index is 1.60. The number of alkyl halides is 2. The van der Waals surface area contributed by atoms with E-state index < -0.39 is 6.61 Å². The van der Waals surface area contributed by atoms with Gasteiger partial charge in [-0.05, 0) is 35.4 Å². The highest BCUT2D eigenvalue weighted by Gasteiger charge is 2.23. The van der Waals surface area contributed by atoms with Crippen molar-refractivity contribution in [3.05, 3.63) is 65.5 Å². The lowest BCUT2D eigenvalue weighted by Crippen LogP contribution is -2.46. The largest absolute Gasteiger partial charge is 0.435 e. The van der Waals surface area contributed by atoms with Gasteiger partial charge in [0.2, 0.25) is 0 Å². The molecule has 31 heavy (non-hydrogen) atoms. The number of hydrogen-bond acceptors (Lipinski definition) is 4. The van der Waals surface area contributed by atoms with Gasteiger partial charge in [-0.1, -0.05) is 24.3 Å². The van der Waals surface area contributed by atoms with Crippen LogP contribution in [0, 0.1) is 5.82 Å². The number of rotatable bonds is 8. The summed E-state index contributed by atoms with van der Waals surface area (Å²) >= 11 is 0. The zero-order valence-corrected chi connectivity index (χ0v) is 17.4. The molecule has 0 amide bonds. The van der Waals surface area contributed by atoms with Crippen LogP contribution in [0.15, 0.2) is 53.5 Å². The summed E-state index contributed by atoms with van der Waals surface area (Å²) in [5.74, 6) is 0.412. The third kappa shape index (κ3) is 7.15. The van der Waals surface area contributed by atoms with Crippen LogP contribution in [0.2, 0.25) is 0 Å². The monoisotopic (exact) mass is 436 g/mol. The number of aliphatic imine (C=N–C) groups is 1. The molecule has 0 bridgehead atoms. The van der Waals surface area contributed by atoms with Gasteiger partial charge in [-0.2, -0.15) is 8.78 Å². The molecule has 168 valence electrons. The number of nitrogens with zero attached hydrogens (tertiary/aromatic N) is 2. The Morgan fingerprint density at radius 1 is 1.13 bits per heavy atom. The summed E-state index contributed by atoms with van der Waals surface area (Å²) in [6.07, 6.45) is 0. The van der Waals surface area contributed by atoms with Crippen molar-refractivity contribution in [2.45, 2.75) is 19.2 Å². The van der Waals surface area contributed by atoms with Crippen molar-refractivity contribution in [1.82, 2.24) is 15.5 Å². The molecule has 2 aromatic rings. The van der Waals surface area contributed by atoms with Crippen LogP contribution in [0.25, 0.3) is 0 Å². The summed E-state index contributed by atoms with van der Waals surface area (Å²) in [4.78, 5) is 6.53. The Hall–Kier alpha value is -2.78. The van der Waals surface area contributed by atoms with Crippen molar-refractivity contribution in [2.24, 2.45) is 4.99 Å². The van der Waals surface area contributed by atoms with E-state index in [1.165, 1.54) is 18.2 Å². The highest BCUT2D eigenvalue weighted by Crippen LogP contribution is 2.22. The van der Waals surface area contributed by atoms with E-state index in [1.54, 1.807) is 31.3 Å². The molecule has 1 saturated heterocycles. The van der Waals surface area contributed by atoms with Crippen molar-refractivity contribution < 1.29 is 22.6 Å². The maximum Gasteiger partial charge on any atom is 0.387 e. The highest BCUT2D eigenvalue weighted by molar-refractivity contribution is 5.79. The molecule has 6 nitrogen and oxygen atoms in total. The van der Waals surface area contributed by atoms with Gasteiger partial charge < -0.3 is 20.1 Å². The molecule has 1 aliphatic heterocycles. The lowest BCUT2D eigenvalue weighted by molar-refractivity contribution is -0.0498. The van der Waals surface area contributed by atoms with Crippen LogP contribution in [-0.2, 0) is 11.3 Å². The van der Waals surface area contributed by atoms with Crippen molar-refractivity contribution in [3.63, 3.8) is 0 Å². The first-order valence-corrected chi connectivity index (χ1v) is 10.1. The van der Waals surface area contributed by atoms with E-state index in [0.29, 0.717) is 32.3 Å². The third-order valence-corrected chi connectivity index (χ3v) is 5.01. The summed E-state index contributed by atoms with van der Waals surface area (Å²) in [6.45, 7) is 0.961. The summed E-state index contributed by atoms with van der Waals surface area (Å²) in [7, 11) is 1.66. The molecule has 2 aromatic carbocycles. The van der Waals surface area contributed by atoms with Gasteiger partial charge in [0.15, 0.2) is 5.96 Å². The van der Waals surface area contributed by atoms with Gasteiger partial charge in [-0.15, -0.1) is 0 Å². The van der Waals surface area contributed by atoms with Crippen molar-refractivity contribution in [3.8, 4) is 5.75 Å². The second-order valence-electron chi connectivity index (χ2n) is 7.05. The maximum atomic E-state index is 13.4. The lowest BCUT2D eigenvalue weighted by Gasteiger charge is -2.35. The van der Waals surface area contributed by atoms with E-state index in [0.717, 1.165) is 24.2 Å². The molecule has 1 atom stereocenters. The Labute approximate surface area is 180 Å². The number of halogens is 3. The number of morpholine rings is 1. The molecule has 0 radical (unpaired) electrons. The highest BCUT2D eigenvalue weighted by atomic mass is 19.3. The quantitative estimate of drug-likeness (QED) is 0.492. The van der Waals surface area contributed by atoms with E-state index in [-0.39, 0.29) is 17.6 Å². The first-order valence-electron chi connectivity index (χ1n) is 10.1. The fourth-order valence-corrected chi connectivity index (χ4v) is 3.46. The lowest BCUT2D eigenvalue weighted by atomic mass is 10.0. The molecular weight excluding hydrogens is 409 g/mol. The Morgan fingerprint density at radius 3 is 2.55 bits per heavy atom. The number of ether oxygens (including phenoxy) is 2. The Morgan fingerprint density at radius 2 is 1.87 bits per heavy atom. The van der Waals surface area contributed by atoms with Crippen molar-refractivity contribution >= 4 is 5.96 Å². The topological polar surface area (TPSA) is 58.1 Å². The van der Waals surface area contributed by atoms with E-state index in [4.69, 9.17) is 4.74 Å².